The molecule has 5 aromatic rings. The number of ketones is 1. The molecule has 0 radical (unpaired) electrons. The van der Waals surface area contributed by atoms with Gasteiger partial charge in [-0.15, -0.1) is 0 Å². The van der Waals surface area contributed by atoms with Crippen LogP contribution in [0.15, 0.2) is 67.9 Å². The maximum absolute atomic E-state index is 15.4. The summed E-state index contributed by atoms with van der Waals surface area (Å²) in [5.74, 6) is 2.14. The highest BCUT2D eigenvalue weighted by Gasteiger charge is 2.44. The van der Waals surface area contributed by atoms with Gasteiger partial charge < -0.3 is 10.1 Å². The summed E-state index contributed by atoms with van der Waals surface area (Å²) in [6, 6.07) is 10.5. The molecule has 0 aliphatic heterocycles. The van der Waals surface area contributed by atoms with Gasteiger partial charge in [0.05, 0.1) is 11.2 Å². The fourth-order valence-electron chi connectivity index (χ4n) is 6.53. The number of hydrogen-bond donors (Lipinski definition) is 1. The van der Waals surface area contributed by atoms with Crippen molar-refractivity contribution in [1.82, 2.24) is 29.5 Å². The van der Waals surface area contributed by atoms with E-state index in [4.69, 9.17) is 9.72 Å². The first-order valence-corrected chi connectivity index (χ1v) is 13.8. The van der Waals surface area contributed by atoms with Crippen molar-refractivity contribution in [1.29, 1.82) is 0 Å². The molecule has 1 unspecified atom stereocenters. The van der Waals surface area contributed by atoms with E-state index in [2.05, 4.69) is 31.9 Å². The maximum Gasteiger partial charge on any atom is 0.160 e. The lowest BCUT2D eigenvalue weighted by molar-refractivity contribution is -0.123. The van der Waals surface area contributed by atoms with E-state index in [0.717, 1.165) is 36.9 Å². The van der Waals surface area contributed by atoms with Crippen LogP contribution in [0.3, 0.4) is 0 Å². The quantitative estimate of drug-likeness (QED) is 0.235. The minimum Gasteiger partial charge on any atom is -0.457 e. The number of carbonyl (C=O) groups is 1. The Morgan fingerprint density at radius 1 is 1.10 bits per heavy atom. The molecule has 3 saturated carbocycles. The van der Waals surface area contributed by atoms with E-state index < -0.39 is 5.82 Å². The summed E-state index contributed by atoms with van der Waals surface area (Å²) in [4.78, 5) is 30.4. The number of allylic oxidation sites excluding steroid dienone is 1. The second kappa shape index (κ2) is 10.0. The lowest BCUT2D eigenvalue weighted by Gasteiger charge is -2.46. The van der Waals surface area contributed by atoms with Gasteiger partial charge in [0.2, 0.25) is 0 Å². The lowest BCUT2D eigenvalue weighted by Crippen LogP contribution is -2.39. The Kier molecular flexibility index (Phi) is 6.18. The maximum atomic E-state index is 15.4. The summed E-state index contributed by atoms with van der Waals surface area (Å²) in [6.45, 7) is 5.55. The molecule has 0 amide bonds. The number of pyridine rings is 2. The van der Waals surface area contributed by atoms with Crippen LogP contribution in [0.5, 0.6) is 11.5 Å². The van der Waals surface area contributed by atoms with Crippen LogP contribution >= 0.6 is 0 Å². The molecular weight excluding hydrogens is 521 g/mol. The molecule has 206 valence electrons. The Bertz CT molecular complexity index is 1820. The molecule has 9 nitrogen and oxygen atoms in total. The van der Waals surface area contributed by atoms with Crippen molar-refractivity contribution in [3.05, 3.63) is 85.0 Å². The highest BCUT2D eigenvalue weighted by molar-refractivity contribution is 5.91. The van der Waals surface area contributed by atoms with Gasteiger partial charge in [-0.25, -0.2) is 28.8 Å². The molecule has 1 N–H and O–H groups in total. The fraction of sp³-hybridized carbons (Fsp3) is 0.290. The third-order valence-corrected chi connectivity index (χ3v) is 8.61. The number of benzene rings is 1. The summed E-state index contributed by atoms with van der Waals surface area (Å²) in [5, 5.41) is 7.22. The molecule has 4 aromatic heterocycles. The van der Waals surface area contributed by atoms with E-state index in [9.17, 15) is 4.79 Å². The number of nitrogens with zero attached hydrogens (tertiary/aromatic N) is 6. The molecule has 0 saturated heterocycles. The van der Waals surface area contributed by atoms with Gasteiger partial charge in [-0.2, -0.15) is 5.10 Å². The number of rotatable bonds is 7. The van der Waals surface area contributed by atoms with E-state index in [-0.39, 0.29) is 23.3 Å². The van der Waals surface area contributed by atoms with Gasteiger partial charge in [0.25, 0.3) is 0 Å². The molecule has 3 aliphatic rings. The largest absolute Gasteiger partial charge is 0.457 e. The molecule has 0 spiro atoms. The number of fused-ring (bicyclic) bond motifs is 5. The van der Waals surface area contributed by atoms with Crippen molar-refractivity contribution < 1.29 is 13.9 Å². The van der Waals surface area contributed by atoms with Crippen LogP contribution in [0.2, 0.25) is 0 Å². The Labute approximate surface area is 235 Å². The van der Waals surface area contributed by atoms with E-state index in [1.165, 1.54) is 24.8 Å². The van der Waals surface area contributed by atoms with Gasteiger partial charge in [0.15, 0.2) is 17.2 Å². The highest BCUT2D eigenvalue weighted by Crippen LogP contribution is 2.52. The van der Waals surface area contributed by atoms with Gasteiger partial charge in [0.1, 0.15) is 35.5 Å². The summed E-state index contributed by atoms with van der Waals surface area (Å²) >= 11 is 0. The van der Waals surface area contributed by atoms with Crippen molar-refractivity contribution in [2.24, 2.45) is 17.8 Å². The van der Waals surface area contributed by atoms with Crippen LogP contribution in [-0.4, -0.2) is 35.3 Å². The number of carbonyl (C=O) groups excluding carboxylic acids is 1. The van der Waals surface area contributed by atoms with Crippen LogP contribution in [0.1, 0.15) is 42.9 Å². The molecule has 4 atom stereocenters. The molecular formula is C31H28FN7O2. The Morgan fingerprint density at radius 2 is 1.98 bits per heavy atom. The third kappa shape index (κ3) is 4.59. The molecule has 4 heterocycles. The SMILES string of the molecule is C=CC(=O)C1C[C@H]2CC[C@@H]1C[C@H]2c1ccc2ncnc(Nc3cc(C)c(Oc4ccn5ncnc5c4)cc3F)c2n1. The van der Waals surface area contributed by atoms with Crippen LogP contribution in [0, 0.1) is 30.5 Å². The number of nitrogens with one attached hydrogen (secondary N) is 1. The molecule has 3 aliphatic carbocycles. The number of halogens is 1. The Hall–Kier alpha value is -4.73. The number of ether oxygens (including phenoxy) is 1. The monoisotopic (exact) mass is 549 g/mol. The lowest BCUT2D eigenvalue weighted by atomic mass is 9.58. The average Bonchev–Trinajstić information content (AvgIpc) is 3.47. The Morgan fingerprint density at radius 3 is 2.80 bits per heavy atom. The Balaban J connectivity index is 1.15. The van der Waals surface area contributed by atoms with Crippen LogP contribution in [-0.2, 0) is 4.79 Å². The number of anilines is 2. The first-order valence-electron chi connectivity index (χ1n) is 13.8. The standard InChI is InChI=1S/C31H28FN7O2/c1-3-27(40)22-12-18-4-5-19(22)11-21(18)24-6-7-25-30(37-24)31(35-15-33-25)38-26-10-17(2)28(14-23(26)32)41-20-8-9-39-29(13-20)34-16-36-39/h3,6-10,13-16,18-19,21-22H,1,4-5,11-12H2,2H3,(H,33,35,38)/t18-,19-,21-,22?/m1/s1. The van der Waals surface area contributed by atoms with Crippen molar-refractivity contribution in [3.8, 4) is 11.5 Å². The topological polar surface area (TPSA) is 107 Å². The fourth-order valence-corrected chi connectivity index (χ4v) is 6.53. The van der Waals surface area contributed by atoms with E-state index in [1.807, 2.05) is 19.1 Å². The van der Waals surface area contributed by atoms with Gasteiger partial charge in [-0.3, -0.25) is 4.79 Å². The van der Waals surface area contributed by atoms with Crippen molar-refractivity contribution in [2.75, 3.05) is 5.32 Å². The predicted molar refractivity (Wildman–Crippen MR) is 152 cm³/mol. The van der Waals surface area contributed by atoms with Gasteiger partial charge in [0, 0.05) is 35.9 Å². The third-order valence-electron chi connectivity index (χ3n) is 8.61. The first kappa shape index (κ1) is 25.3. The summed E-state index contributed by atoms with van der Waals surface area (Å²) < 4.78 is 22.9. The van der Waals surface area contributed by atoms with Crippen LogP contribution in [0.25, 0.3) is 16.7 Å². The second-order valence-electron chi connectivity index (χ2n) is 11.0. The zero-order valence-electron chi connectivity index (χ0n) is 22.5. The summed E-state index contributed by atoms with van der Waals surface area (Å²) in [6.07, 6.45) is 10.1. The molecule has 10 heteroatoms. The zero-order valence-corrected chi connectivity index (χ0v) is 22.5. The van der Waals surface area contributed by atoms with Gasteiger partial charge >= 0.3 is 0 Å². The first-order chi connectivity index (χ1) is 20.0. The average molecular weight is 550 g/mol. The minimum atomic E-state index is -0.486. The summed E-state index contributed by atoms with van der Waals surface area (Å²) in [7, 11) is 0. The van der Waals surface area contributed by atoms with Crippen molar-refractivity contribution in [3.63, 3.8) is 0 Å². The number of aromatic nitrogens is 6. The van der Waals surface area contributed by atoms with Crippen LogP contribution < -0.4 is 10.1 Å². The van der Waals surface area contributed by atoms with E-state index in [0.29, 0.717) is 45.8 Å². The molecule has 3 fully saturated rings. The van der Waals surface area contributed by atoms with Crippen LogP contribution in [0.4, 0.5) is 15.9 Å². The molecule has 8 rings (SSSR count). The highest BCUT2D eigenvalue weighted by atomic mass is 19.1. The second-order valence-corrected chi connectivity index (χ2v) is 11.0. The predicted octanol–water partition coefficient (Wildman–Crippen LogP) is 6.33. The summed E-state index contributed by atoms with van der Waals surface area (Å²) in [5.41, 5.74) is 3.87. The molecule has 41 heavy (non-hydrogen) atoms. The molecule has 2 bridgehead atoms. The zero-order chi connectivity index (χ0) is 28.1. The van der Waals surface area contributed by atoms with Gasteiger partial charge in [-0.05, 0) is 80.3 Å². The van der Waals surface area contributed by atoms with Crippen molar-refractivity contribution in [2.45, 2.75) is 38.5 Å². The van der Waals surface area contributed by atoms with Crippen molar-refractivity contribution >= 4 is 34.0 Å². The van der Waals surface area contributed by atoms with E-state index in [1.54, 1.807) is 28.9 Å². The van der Waals surface area contributed by atoms with E-state index >= 15 is 4.39 Å². The number of hydrogen-bond acceptors (Lipinski definition) is 8. The normalized spacial score (nSPS) is 21.7. The minimum absolute atomic E-state index is 0.0762. The number of aryl methyl sites for hydroxylation is 1. The van der Waals surface area contributed by atoms with Gasteiger partial charge in [-0.1, -0.05) is 6.58 Å². The smallest absolute Gasteiger partial charge is 0.160 e. The molecule has 1 aromatic carbocycles.